The van der Waals surface area contributed by atoms with Crippen LogP contribution in [0.3, 0.4) is 0 Å². The predicted molar refractivity (Wildman–Crippen MR) is 91.5 cm³/mol. The van der Waals surface area contributed by atoms with E-state index in [1.54, 1.807) is 6.07 Å². The van der Waals surface area contributed by atoms with E-state index in [9.17, 15) is 5.11 Å². The highest BCUT2D eigenvalue weighted by Crippen LogP contribution is 2.33. The minimum Gasteiger partial charge on any atom is -0.508 e. The third-order valence-electron chi connectivity index (χ3n) is 4.19. The van der Waals surface area contributed by atoms with Gasteiger partial charge in [0.1, 0.15) is 5.75 Å². The molecular formula is C16H24BrNOS. The average molecular weight is 358 g/mol. The normalized spacial score (nSPS) is 24.6. The van der Waals surface area contributed by atoms with Gasteiger partial charge in [-0.05, 0) is 43.7 Å². The zero-order valence-electron chi connectivity index (χ0n) is 12.2. The summed E-state index contributed by atoms with van der Waals surface area (Å²) in [5, 5.41) is 14.6. The van der Waals surface area contributed by atoms with Gasteiger partial charge in [-0.15, -0.1) is 0 Å². The van der Waals surface area contributed by atoms with Crippen LogP contribution in [-0.4, -0.2) is 22.7 Å². The Balaban J connectivity index is 2.13. The van der Waals surface area contributed by atoms with Crippen LogP contribution in [0.5, 0.6) is 5.75 Å². The molecule has 2 nitrogen and oxygen atoms in total. The predicted octanol–water partition coefficient (Wildman–Crippen LogP) is 4.87. The van der Waals surface area contributed by atoms with Crippen LogP contribution in [0.2, 0.25) is 0 Å². The maximum atomic E-state index is 10.1. The van der Waals surface area contributed by atoms with E-state index in [1.807, 2.05) is 23.9 Å². The van der Waals surface area contributed by atoms with Crippen LogP contribution in [0.1, 0.15) is 50.6 Å². The minimum absolute atomic E-state index is 0.227. The van der Waals surface area contributed by atoms with Crippen LogP contribution in [0.4, 0.5) is 0 Å². The summed E-state index contributed by atoms with van der Waals surface area (Å²) in [6.45, 7) is 2.18. The first-order valence-electron chi connectivity index (χ1n) is 7.43. The number of halogens is 1. The number of thioether (sulfide) groups is 1. The van der Waals surface area contributed by atoms with E-state index in [0.29, 0.717) is 17.0 Å². The summed E-state index contributed by atoms with van der Waals surface area (Å²) in [6.07, 6.45) is 8.42. The summed E-state index contributed by atoms with van der Waals surface area (Å²) < 4.78 is 1.02. The topological polar surface area (TPSA) is 32.3 Å². The van der Waals surface area contributed by atoms with Gasteiger partial charge in [-0.25, -0.2) is 0 Å². The van der Waals surface area contributed by atoms with Crippen molar-refractivity contribution in [1.82, 2.24) is 5.32 Å². The van der Waals surface area contributed by atoms with Crippen molar-refractivity contribution in [2.75, 3.05) is 6.26 Å². The van der Waals surface area contributed by atoms with Crippen LogP contribution in [-0.2, 0) is 0 Å². The van der Waals surface area contributed by atoms with Gasteiger partial charge in [-0.2, -0.15) is 11.8 Å². The Labute approximate surface area is 134 Å². The molecule has 112 valence electrons. The van der Waals surface area contributed by atoms with E-state index >= 15 is 0 Å². The van der Waals surface area contributed by atoms with E-state index in [1.165, 1.54) is 25.7 Å². The first kappa shape index (κ1) is 16.2. The van der Waals surface area contributed by atoms with E-state index in [4.69, 9.17) is 0 Å². The highest BCUT2D eigenvalue weighted by atomic mass is 79.9. The standard InChI is InChI=1S/C16H24BrNOS/c1-3-13(12-10-11(17)8-9-15(12)19)18-14-6-4-5-7-16(14)20-2/h8-10,13-14,16,18-19H,3-7H2,1-2H3. The van der Waals surface area contributed by atoms with Crippen LogP contribution in [0, 0.1) is 0 Å². The lowest BCUT2D eigenvalue weighted by atomic mass is 9.92. The Kier molecular flexibility index (Phi) is 6.24. The molecule has 4 heteroatoms. The fourth-order valence-corrected chi connectivity index (χ4v) is 4.38. The van der Waals surface area contributed by atoms with Crippen LogP contribution in [0.15, 0.2) is 22.7 Å². The molecule has 1 aromatic carbocycles. The lowest BCUT2D eigenvalue weighted by molar-refractivity contribution is 0.337. The highest BCUT2D eigenvalue weighted by Gasteiger charge is 2.27. The fourth-order valence-electron chi connectivity index (χ4n) is 3.06. The smallest absolute Gasteiger partial charge is 0.120 e. The van der Waals surface area contributed by atoms with E-state index in [0.717, 1.165) is 16.5 Å². The fraction of sp³-hybridized carbons (Fsp3) is 0.625. The Morgan fingerprint density at radius 1 is 1.40 bits per heavy atom. The summed E-state index contributed by atoms with van der Waals surface area (Å²) in [4.78, 5) is 0. The van der Waals surface area contributed by atoms with Gasteiger partial charge in [-0.1, -0.05) is 35.7 Å². The molecule has 0 heterocycles. The Bertz CT molecular complexity index is 440. The zero-order valence-corrected chi connectivity index (χ0v) is 14.6. The first-order valence-corrected chi connectivity index (χ1v) is 9.51. The van der Waals surface area contributed by atoms with Crippen molar-refractivity contribution in [3.8, 4) is 5.75 Å². The van der Waals surface area contributed by atoms with Gasteiger partial charge in [0, 0.05) is 27.4 Å². The van der Waals surface area contributed by atoms with Crippen molar-refractivity contribution < 1.29 is 5.11 Å². The molecule has 0 aromatic heterocycles. The molecule has 2 rings (SSSR count). The van der Waals surface area contributed by atoms with Crippen molar-refractivity contribution in [3.05, 3.63) is 28.2 Å². The number of hydrogen-bond donors (Lipinski definition) is 2. The molecule has 2 N–H and O–H groups in total. The molecule has 0 bridgehead atoms. The molecule has 20 heavy (non-hydrogen) atoms. The molecule has 3 unspecified atom stereocenters. The lowest BCUT2D eigenvalue weighted by Crippen LogP contribution is -2.42. The van der Waals surface area contributed by atoms with Gasteiger partial charge in [0.25, 0.3) is 0 Å². The molecule has 1 aromatic rings. The molecule has 0 radical (unpaired) electrons. The SMILES string of the molecule is CCC(NC1CCCCC1SC)c1cc(Br)ccc1O. The molecule has 1 aliphatic carbocycles. The van der Waals surface area contributed by atoms with Gasteiger partial charge in [-0.3, -0.25) is 0 Å². The molecule has 1 aliphatic rings. The highest BCUT2D eigenvalue weighted by molar-refractivity contribution is 9.10. The van der Waals surface area contributed by atoms with Crippen LogP contribution >= 0.6 is 27.7 Å². The van der Waals surface area contributed by atoms with Gasteiger partial charge in [0.05, 0.1) is 0 Å². The van der Waals surface area contributed by atoms with E-state index in [-0.39, 0.29) is 6.04 Å². The molecule has 3 atom stereocenters. The minimum atomic E-state index is 0.227. The summed E-state index contributed by atoms with van der Waals surface area (Å²) in [5.41, 5.74) is 1.01. The largest absolute Gasteiger partial charge is 0.508 e. The zero-order chi connectivity index (χ0) is 14.5. The van der Waals surface area contributed by atoms with Crippen LogP contribution < -0.4 is 5.32 Å². The molecule has 0 aliphatic heterocycles. The summed E-state index contributed by atoms with van der Waals surface area (Å²) in [5.74, 6) is 0.393. The number of aromatic hydroxyl groups is 1. The molecule has 0 amide bonds. The van der Waals surface area contributed by atoms with Crippen molar-refractivity contribution in [2.24, 2.45) is 0 Å². The van der Waals surface area contributed by atoms with Crippen LogP contribution in [0.25, 0.3) is 0 Å². The van der Waals surface area contributed by atoms with Gasteiger partial charge < -0.3 is 10.4 Å². The molecule has 0 saturated heterocycles. The maximum absolute atomic E-state index is 10.1. The number of benzene rings is 1. The Morgan fingerprint density at radius 2 is 2.15 bits per heavy atom. The Hall–Kier alpha value is -0.190. The number of hydrogen-bond acceptors (Lipinski definition) is 3. The maximum Gasteiger partial charge on any atom is 0.120 e. The van der Waals surface area contributed by atoms with Gasteiger partial charge in [0.15, 0.2) is 0 Å². The van der Waals surface area contributed by atoms with Crippen molar-refractivity contribution in [1.29, 1.82) is 0 Å². The number of nitrogens with one attached hydrogen (secondary N) is 1. The number of phenolic OH excluding ortho intramolecular Hbond substituents is 1. The second-order valence-electron chi connectivity index (χ2n) is 5.50. The van der Waals surface area contributed by atoms with Crippen molar-refractivity contribution in [3.63, 3.8) is 0 Å². The number of rotatable bonds is 5. The van der Waals surface area contributed by atoms with Gasteiger partial charge in [0.2, 0.25) is 0 Å². The molecular weight excluding hydrogens is 334 g/mol. The van der Waals surface area contributed by atoms with Crippen molar-refractivity contribution in [2.45, 2.75) is 56.4 Å². The van der Waals surface area contributed by atoms with E-state index in [2.05, 4.69) is 34.4 Å². The Morgan fingerprint density at radius 3 is 2.85 bits per heavy atom. The second-order valence-corrected chi connectivity index (χ2v) is 7.49. The third-order valence-corrected chi connectivity index (χ3v) is 5.86. The van der Waals surface area contributed by atoms with Crippen molar-refractivity contribution >= 4 is 27.7 Å². The van der Waals surface area contributed by atoms with E-state index < -0.39 is 0 Å². The monoisotopic (exact) mass is 357 g/mol. The summed E-state index contributed by atoms with van der Waals surface area (Å²) in [6, 6.07) is 6.48. The molecule has 0 spiro atoms. The average Bonchev–Trinajstić information content (AvgIpc) is 2.48. The summed E-state index contributed by atoms with van der Waals surface area (Å²) >= 11 is 5.48. The quantitative estimate of drug-likeness (QED) is 0.788. The second kappa shape index (κ2) is 7.71. The summed E-state index contributed by atoms with van der Waals surface area (Å²) in [7, 11) is 0. The number of phenols is 1. The van der Waals surface area contributed by atoms with Gasteiger partial charge >= 0.3 is 0 Å². The first-order chi connectivity index (χ1) is 9.65. The molecule has 1 saturated carbocycles. The molecule has 1 fully saturated rings. The lowest BCUT2D eigenvalue weighted by Gasteiger charge is -2.34. The third kappa shape index (κ3) is 3.92.